The van der Waals surface area contributed by atoms with Crippen LogP contribution in [0, 0.1) is 11.3 Å². The first kappa shape index (κ1) is 16.9. The molecule has 0 saturated heterocycles. The van der Waals surface area contributed by atoms with Crippen LogP contribution in [0.15, 0.2) is 0 Å². The molecule has 1 rings (SSSR count). The second-order valence-corrected chi connectivity index (χ2v) is 6.72. The van der Waals surface area contributed by atoms with Gasteiger partial charge in [-0.25, -0.2) is 0 Å². The van der Waals surface area contributed by atoms with Crippen molar-refractivity contribution >= 4 is 0 Å². The molecule has 1 aliphatic rings. The van der Waals surface area contributed by atoms with E-state index in [1.54, 1.807) is 7.11 Å². The third kappa shape index (κ3) is 5.41. The summed E-state index contributed by atoms with van der Waals surface area (Å²) in [6, 6.07) is 0.909. The fourth-order valence-corrected chi connectivity index (χ4v) is 3.24. The Morgan fingerprint density at radius 2 is 1.89 bits per heavy atom. The van der Waals surface area contributed by atoms with E-state index in [9.17, 15) is 0 Å². The predicted octanol–water partition coefficient (Wildman–Crippen LogP) is 2.97. The Bertz CT molecular complexity index is 229. The van der Waals surface area contributed by atoms with Crippen LogP contribution in [0.2, 0.25) is 0 Å². The van der Waals surface area contributed by atoms with Crippen molar-refractivity contribution < 1.29 is 9.84 Å². The van der Waals surface area contributed by atoms with Crippen molar-refractivity contribution in [3.05, 3.63) is 0 Å². The number of aliphatic hydroxyl groups is 1. The van der Waals surface area contributed by atoms with Gasteiger partial charge in [-0.15, -0.1) is 0 Å². The number of ether oxygens (including phenoxy) is 1. The van der Waals surface area contributed by atoms with Gasteiger partial charge in [0.2, 0.25) is 0 Å². The Balaban J connectivity index is 2.36. The van der Waals surface area contributed by atoms with E-state index >= 15 is 0 Å². The minimum absolute atomic E-state index is 0.235. The molecule has 0 aromatic carbocycles. The first-order valence-corrected chi connectivity index (χ1v) is 7.89. The highest BCUT2D eigenvalue weighted by molar-refractivity contribution is 4.86. The van der Waals surface area contributed by atoms with Gasteiger partial charge in [-0.05, 0) is 43.4 Å². The summed E-state index contributed by atoms with van der Waals surface area (Å²) in [6.07, 6.45) is 7.24. The largest absolute Gasteiger partial charge is 0.396 e. The van der Waals surface area contributed by atoms with E-state index < -0.39 is 0 Å². The van der Waals surface area contributed by atoms with Crippen molar-refractivity contribution in [2.45, 2.75) is 71.4 Å². The van der Waals surface area contributed by atoms with Gasteiger partial charge in [-0.2, -0.15) is 0 Å². The van der Waals surface area contributed by atoms with Crippen LogP contribution in [0.4, 0.5) is 0 Å². The topological polar surface area (TPSA) is 41.5 Å². The fraction of sp³-hybridized carbons (Fsp3) is 1.00. The SMILES string of the molecule is CCC(C)(C)C1CCC(NC(CCO)COC)CC1. The molecular formula is C16H33NO2. The van der Waals surface area contributed by atoms with Crippen molar-refractivity contribution in [3.8, 4) is 0 Å². The summed E-state index contributed by atoms with van der Waals surface area (Å²) in [5, 5.41) is 12.7. The molecule has 0 aliphatic heterocycles. The molecular weight excluding hydrogens is 238 g/mol. The van der Waals surface area contributed by atoms with Crippen molar-refractivity contribution in [2.75, 3.05) is 20.3 Å². The first-order valence-electron chi connectivity index (χ1n) is 7.89. The quantitative estimate of drug-likeness (QED) is 0.713. The van der Waals surface area contributed by atoms with Crippen molar-refractivity contribution in [1.82, 2.24) is 5.32 Å². The number of nitrogens with one attached hydrogen (secondary N) is 1. The van der Waals surface area contributed by atoms with Crippen molar-refractivity contribution in [3.63, 3.8) is 0 Å². The average Bonchev–Trinajstić information content (AvgIpc) is 2.40. The standard InChI is InChI=1S/C16H33NO2/c1-5-16(2,3)13-6-8-14(9-7-13)17-15(10-11-18)12-19-4/h13-15,17-18H,5-12H2,1-4H3. The van der Waals surface area contributed by atoms with Crippen molar-refractivity contribution in [2.24, 2.45) is 11.3 Å². The third-order valence-electron chi connectivity index (χ3n) is 5.06. The van der Waals surface area contributed by atoms with Crippen LogP contribution in [0.25, 0.3) is 0 Å². The Labute approximate surface area is 119 Å². The van der Waals surface area contributed by atoms with E-state index in [1.165, 1.54) is 32.1 Å². The van der Waals surface area contributed by atoms with E-state index in [0.29, 0.717) is 24.1 Å². The molecule has 1 atom stereocenters. The molecule has 0 bridgehead atoms. The Kier molecular flexibility index (Phi) is 7.33. The predicted molar refractivity (Wildman–Crippen MR) is 80.3 cm³/mol. The van der Waals surface area contributed by atoms with E-state index in [4.69, 9.17) is 9.84 Å². The maximum atomic E-state index is 9.08. The van der Waals surface area contributed by atoms with Gasteiger partial charge in [-0.1, -0.05) is 27.2 Å². The molecule has 0 amide bonds. The van der Waals surface area contributed by atoms with E-state index in [1.807, 2.05) is 0 Å². The minimum Gasteiger partial charge on any atom is -0.396 e. The summed E-state index contributed by atoms with van der Waals surface area (Å²) < 4.78 is 5.22. The van der Waals surface area contributed by atoms with E-state index in [0.717, 1.165) is 12.3 Å². The highest BCUT2D eigenvalue weighted by Gasteiger charge is 2.32. The van der Waals surface area contributed by atoms with Crippen LogP contribution in [-0.2, 0) is 4.74 Å². The fourth-order valence-electron chi connectivity index (χ4n) is 3.24. The molecule has 0 spiro atoms. The van der Waals surface area contributed by atoms with Gasteiger partial charge in [0.15, 0.2) is 0 Å². The van der Waals surface area contributed by atoms with Crippen LogP contribution in [0.1, 0.15) is 59.3 Å². The summed E-state index contributed by atoms with van der Waals surface area (Å²) in [4.78, 5) is 0. The number of aliphatic hydroxyl groups excluding tert-OH is 1. The molecule has 2 N–H and O–H groups in total. The highest BCUT2D eigenvalue weighted by atomic mass is 16.5. The average molecular weight is 271 g/mol. The molecule has 1 saturated carbocycles. The Hall–Kier alpha value is -0.120. The summed E-state index contributed by atoms with van der Waals surface area (Å²) >= 11 is 0. The van der Waals surface area contributed by atoms with Crippen LogP contribution in [0.5, 0.6) is 0 Å². The van der Waals surface area contributed by atoms with Crippen LogP contribution < -0.4 is 5.32 Å². The minimum atomic E-state index is 0.235. The Morgan fingerprint density at radius 3 is 2.37 bits per heavy atom. The molecule has 19 heavy (non-hydrogen) atoms. The zero-order chi connectivity index (χ0) is 14.3. The van der Waals surface area contributed by atoms with Crippen molar-refractivity contribution in [1.29, 1.82) is 0 Å². The lowest BCUT2D eigenvalue weighted by Crippen LogP contribution is -2.44. The number of hydrogen-bond acceptors (Lipinski definition) is 3. The van der Waals surface area contributed by atoms with E-state index in [-0.39, 0.29) is 6.61 Å². The second-order valence-electron chi connectivity index (χ2n) is 6.72. The molecule has 3 heteroatoms. The second kappa shape index (κ2) is 8.23. The molecule has 0 aromatic heterocycles. The monoisotopic (exact) mass is 271 g/mol. The van der Waals surface area contributed by atoms with Gasteiger partial charge in [0.1, 0.15) is 0 Å². The third-order valence-corrected chi connectivity index (χ3v) is 5.06. The van der Waals surface area contributed by atoms with Gasteiger partial charge in [0.25, 0.3) is 0 Å². The Morgan fingerprint density at radius 1 is 1.26 bits per heavy atom. The van der Waals surface area contributed by atoms with Gasteiger partial charge in [0, 0.05) is 25.8 Å². The van der Waals surface area contributed by atoms with Gasteiger partial charge >= 0.3 is 0 Å². The zero-order valence-corrected chi connectivity index (χ0v) is 13.2. The molecule has 0 radical (unpaired) electrons. The van der Waals surface area contributed by atoms with Crippen LogP contribution in [-0.4, -0.2) is 37.5 Å². The molecule has 3 nitrogen and oxygen atoms in total. The number of methoxy groups -OCH3 is 1. The molecule has 0 heterocycles. The molecule has 1 aliphatic carbocycles. The normalized spacial score (nSPS) is 26.4. The first-order chi connectivity index (χ1) is 9.03. The summed E-state index contributed by atoms with van der Waals surface area (Å²) in [5.41, 5.74) is 0.488. The number of rotatable bonds is 8. The lowest BCUT2D eigenvalue weighted by molar-refractivity contribution is 0.112. The van der Waals surface area contributed by atoms with E-state index in [2.05, 4.69) is 26.1 Å². The highest BCUT2D eigenvalue weighted by Crippen LogP contribution is 2.40. The summed E-state index contributed by atoms with van der Waals surface area (Å²) in [7, 11) is 1.73. The molecule has 0 aromatic rings. The lowest BCUT2D eigenvalue weighted by Gasteiger charge is -2.40. The summed E-state index contributed by atoms with van der Waals surface area (Å²) in [6.45, 7) is 8.05. The molecule has 1 fully saturated rings. The summed E-state index contributed by atoms with van der Waals surface area (Å²) in [5.74, 6) is 0.870. The van der Waals surface area contributed by atoms with Gasteiger partial charge < -0.3 is 15.2 Å². The van der Waals surface area contributed by atoms with Gasteiger partial charge in [-0.3, -0.25) is 0 Å². The van der Waals surface area contributed by atoms with Gasteiger partial charge in [0.05, 0.1) is 6.61 Å². The maximum Gasteiger partial charge on any atom is 0.0616 e. The smallest absolute Gasteiger partial charge is 0.0616 e. The zero-order valence-electron chi connectivity index (χ0n) is 13.2. The maximum absolute atomic E-state index is 9.08. The molecule has 114 valence electrons. The molecule has 1 unspecified atom stereocenters. The lowest BCUT2D eigenvalue weighted by atomic mass is 9.69. The van der Waals surface area contributed by atoms with Crippen LogP contribution in [0.3, 0.4) is 0 Å². The number of hydrogen-bond donors (Lipinski definition) is 2. The van der Waals surface area contributed by atoms with Crippen LogP contribution >= 0.6 is 0 Å².